The number of hydrogen-bond donors (Lipinski definition) is 2. The second-order valence-electron chi connectivity index (χ2n) is 6.93. The van der Waals surface area contributed by atoms with Crippen molar-refractivity contribution in [2.45, 2.75) is 44.6 Å². The number of hydrogen-bond acceptors (Lipinski definition) is 4. The van der Waals surface area contributed by atoms with E-state index in [0.29, 0.717) is 0 Å². The molecule has 2 N–H and O–H groups in total. The molecule has 0 radical (unpaired) electrons. The second kappa shape index (κ2) is 9.06. The van der Waals surface area contributed by atoms with Crippen molar-refractivity contribution >= 4 is 17.4 Å². The summed E-state index contributed by atoms with van der Waals surface area (Å²) in [6, 6.07) is 7.91. The fourth-order valence-electron chi connectivity index (χ4n) is 3.69. The van der Waals surface area contributed by atoms with E-state index in [2.05, 4.69) is 21.7 Å². The number of methoxy groups -OCH3 is 1. The molecule has 0 aliphatic carbocycles. The number of hydrazine groups is 1. The number of anilines is 2. The molecule has 0 aromatic heterocycles. The lowest BCUT2D eigenvalue weighted by Gasteiger charge is -2.32. The number of benzene rings is 1. The number of urea groups is 1. The van der Waals surface area contributed by atoms with Crippen LogP contribution in [0.25, 0.3) is 0 Å². The van der Waals surface area contributed by atoms with Gasteiger partial charge in [0, 0.05) is 33.3 Å². The van der Waals surface area contributed by atoms with Crippen molar-refractivity contribution in [3.05, 3.63) is 24.3 Å². The van der Waals surface area contributed by atoms with Gasteiger partial charge in [-0.3, -0.25) is 5.43 Å². The van der Waals surface area contributed by atoms with Crippen LogP contribution in [0.3, 0.4) is 0 Å². The van der Waals surface area contributed by atoms with Crippen molar-refractivity contribution in [1.29, 1.82) is 0 Å². The van der Waals surface area contributed by atoms with Crippen LogP contribution >= 0.6 is 0 Å². The summed E-state index contributed by atoms with van der Waals surface area (Å²) < 4.78 is 5.41. The van der Waals surface area contributed by atoms with E-state index in [4.69, 9.17) is 4.74 Å². The first kappa shape index (κ1) is 18.0. The average Bonchev–Trinajstić information content (AvgIpc) is 2.91. The highest BCUT2D eigenvalue weighted by Gasteiger charge is 2.21. The van der Waals surface area contributed by atoms with Crippen LogP contribution in [0.1, 0.15) is 38.5 Å². The summed E-state index contributed by atoms with van der Waals surface area (Å²) in [5, 5.41) is 4.98. The Hall–Kier alpha value is -1.79. The molecule has 1 unspecified atom stereocenters. The number of carbonyl (C=O) groups is 1. The molecular weight excluding hydrogens is 316 g/mol. The first-order valence-electron chi connectivity index (χ1n) is 9.45. The molecule has 0 saturated carbocycles. The number of rotatable bonds is 4. The highest BCUT2D eigenvalue weighted by Crippen LogP contribution is 2.27. The van der Waals surface area contributed by atoms with E-state index < -0.39 is 0 Å². The Balaban J connectivity index is 1.61. The van der Waals surface area contributed by atoms with E-state index in [1.807, 2.05) is 23.2 Å². The minimum atomic E-state index is -0.181. The number of amides is 2. The third-order valence-corrected chi connectivity index (χ3v) is 5.07. The molecule has 1 atom stereocenters. The molecule has 2 aliphatic heterocycles. The largest absolute Gasteiger partial charge is 0.380 e. The van der Waals surface area contributed by atoms with Crippen LogP contribution in [0.2, 0.25) is 0 Å². The summed E-state index contributed by atoms with van der Waals surface area (Å²) >= 11 is 0. The van der Waals surface area contributed by atoms with Crippen LogP contribution in [0.15, 0.2) is 24.3 Å². The second-order valence-corrected chi connectivity index (χ2v) is 6.93. The van der Waals surface area contributed by atoms with Crippen LogP contribution in [-0.2, 0) is 4.74 Å². The number of nitrogens with zero attached hydrogens (tertiary/aromatic N) is 2. The molecule has 2 amide bonds. The summed E-state index contributed by atoms with van der Waals surface area (Å²) in [5.41, 5.74) is 4.95. The Kier molecular flexibility index (Phi) is 6.53. The summed E-state index contributed by atoms with van der Waals surface area (Å²) in [6.45, 7) is 3.71. The van der Waals surface area contributed by atoms with Crippen molar-refractivity contribution in [1.82, 2.24) is 10.4 Å². The van der Waals surface area contributed by atoms with Crippen molar-refractivity contribution < 1.29 is 9.53 Å². The monoisotopic (exact) mass is 346 g/mol. The summed E-state index contributed by atoms with van der Waals surface area (Å²) in [6.07, 6.45) is 7.29. The van der Waals surface area contributed by atoms with Crippen molar-refractivity contribution in [3.63, 3.8) is 0 Å². The maximum Gasteiger partial charge on any atom is 0.333 e. The molecule has 0 bridgehead atoms. The van der Waals surface area contributed by atoms with Gasteiger partial charge in [0.1, 0.15) is 0 Å². The minimum Gasteiger partial charge on any atom is -0.380 e. The fourth-order valence-corrected chi connectivity index (χ4v) is 3.69. The van der Waals surface area contributed by atoms with Gasteiger partial charge in [0.25, 0.3) is 0 Å². The SMILES string of the molecule is COC1CCCN(NC(=O)Nc2ccccc2N2CCCCCC2)C1. The van der Waals surface area contributed by atoms with Gasteiger partial charge in [0.05, 0.1) is 17.5 Å². The topological polar surface area (TPSA) is 56.8 Å². The Morgan fingerprint density at radius 3 is 2.60 bits per heavy atom. The van der Waals surface area contributed by atoms with E-state index in [0.717, 1.165) is 50.4 Å². The number of nitrogens with one attached hydrogen (secondary N) is 2. The average molecular weight is 346 g/mol. The maximum absolute atomic E-state index is 12.5. The standard InChI is InChI=1S/C19H30N4O2/c1-25-16-9-8-14-23(15-16)21-19(24)20-17-10-4-5-11-18(17)22-12-6-2-3-7-13-22/h4-5,10-11,16H,2-3,6-9,12-15H2,1H3,(H2,20,21,24). The first-order valence-corrected chi connectivity index (χ1v) is 9.45. The van der Waals surface area contributed by atoms with Crippen molar-refractivity contribution in [2.24, 2.45) is 0 Å². The Morgan fingerprint density at radius 1 is 1.08 bits per heavy atom. The van der Waals surface area contributed by atoms with Crippen LogP contribution in [-0.4, -0.2) is 50.4 Å². The molecule has 25 heavy (non-hydrogen) atoms. The normalized spacial score (nSPS) is 22.3. The molecule has 2 aliphatic rings. The molecule has 2 fully saturated rings. The number of para-hydroxylation sites is 2. The zero-order valence-electron chi connectivity index (χ0n) is 15.2. The van der Waals surface area contributed by atoms with Gasteiger partial charge in [-0.2, -0.15) is 0 Å². The smallest absolute Gasteiger partial charge is 0.333 e. The number of ether oxygens (including phenoxy) is 1. The van der Waals surface area contributed by atoms with Crippen LogP contribution in [0, 0.1) is 0 Å². The van der Waals surface area contributed by atoms with Crippen LogP contribution < -0.4 is 15.6 Å². The van der Waals surface area contributed by atoms with Gasteiger partial charge in [-0.15, -0.1) is 0 Å². The lowest BCUT2D eigenvalue weighted by atomic mass is 10.1. The van der Waals surface area contributed by atoms with Crippen molar-refractivity contribution in [3.8, 4) is 0 Å². The lowest BCUT2D eigenvalue weighted by molar-refractivity contribution is 0.0179. The molecule has 1 aromatic rings. The molecule has 2 saturated heterocycles. The van der Waals surface area contributed by atoms with E-state index >= 15 is 0 Å². The van der Waals surface area contributed by atoms with Gasteiger partial charge < -0.3 is 15.0 Å². The molecule has 3 rings (SSSR count). The Labute approximate surface area is 150 Å². The quantitative estimate of drug-likeness (QED) is 0.879. The Bertz CT molecular complexity index is 558. The predicted molar refractivity (Wildman–Crippen MR) is 101 cm³/mol. The third-order valence-electron chi connectivity index (χ3n) is 5.07. The maximum atomic E-state index is 12.5. The predicted octanol–water partition coefficient (Wildman–Crippen LogP) is 3.21. The minimum absolute atomic E-state index is 0.181. The van der Waals surface area contributed by atoms with Gasteiger partial charge in [-0.25, -0.2) is 9.80 Å². The first-order chi connectivity index (χ1) is 12.3. The van der Waals surface area contributed by atoms with Gasteiger partial charge in [-0.05, 0) is 37.8 Å². The molecule has 2 heterocycles. The zero-order valence-corrected chi connectivity index (χ0v) is 15.2. The number of carbonyl (C=O) groups excluding carboxylic acids is 1. The molecule has 6 nitrogen and oxygen atoms in total. The van der Waals surface area contributed by atoms with Gasteiger partial charge in [0.15, 0.2) is 0 Å². The van der Waals surface area contributed by atoms with Crippen molar-refractivity contribution in [2.75, 3.05) is 43.5 Å². The van der Waals surface area contributed by atoms with Crippen LogP contribution in [0.4, 0.5) is 16.2 Å². The zero-order chi connectivity index (χ0) is 17.5. The van der Waals surface area contributed by atoms with Gasteiger partial charge in [0.2, 0.25) is 0 Å². The van der Waals surface area contributed by atoms with Gasteiger partial charge >= 0.3 is 6.03 Å². The summed E-state index contributed by atoms with van der Waals surface area (Å²) in [5.74, 6) is 0. The number of piperidine rings is 1. The lowest BCUT2D eigenvalue weighted by Crippen LogP contribution is -2.51. The van der Waals surface area contributed by atoms with Crippen LogP contribution in [0.5, 0.6) is 0 Å². The molecular formula is C19H30N4O2. The van der Waals surface area contributed by atoms with E-state index in [1.54, 1.807) is 7.11 Å². The molecule has 1 aromatic carbocycles. The molecule has 6 heteroatoms. The molecule has 0 spiro atoms. The highest BCUT2D eigenvalue weighted by atomic mass is 16.5. The Morgan fingerprint density at radius 2 is 1.84 bits per heavy atom. The van der Waals surface area contributed by atoms with E-state index in [-0.39, 0.29) is 12.1 Å². The fraction of sp³-hybridized carbons (Fsp3) is 0.632. The summed E-state index contributed by atoms with van der Waals surface area (Å²) in [4.78, 5) is 14.8. The third kappa shape index (κ3) is 5.09. The van der Waals surface area contributed by atoms with Gasteiger partial charge in [-0.1, -0.05) is 25.0 Å². The molecule has 138 valence electrons. The van der Waals surface area contributed by atoms with E-state index in [9.17, 15) is 4.79 Å². The highest BCUT2D eigenvalue weighted by molar-refractivity contribution is 5.93. The summed E-state index contributed by atoms with van der Waals surface area (Å²) in [7, 11) is 1.73. The van der Waals surface area contributed by atoms with E-state index in [1.165, 1.54) is 25.7 Å².